The monoisotopic (exact) mass is 299 g/mol. The number of hydrogen-bond acceptors (Lipinski definition) is 0. The molecule has 1 atom stereocenters. The number of hydrogen-bond donors (Lipinski definition) is 1. The Labute approximate surface area is 98.1 Å². The second-order valence-electron chi connectivity index (χ2n) is 4.21. The molecule has 1 aromatic rings. The first kappa shape index (κ1) is 9.01. The van der Waals surface area contributed by atoms with Gasteiger partial charge >= 0.3 is 0 Å². The Balaban J connectivity index is 2.16. The van der Waals surface area contributed by atoms with E-state index < -0.39 is 0 Å². The minimum absolute atomic E-state index is 0.718. The van der Waals surface area contributed by atoms with Crippen molar-refractivity contribution >= 4 is 28.7 Å². The lowest BCUT2D eigenvalue weighted by Gasteiger charge is -2.18. The molecule has 14 heavy (non-hydrogen) atoms. The van der Waals surface area contributed by atoms with Gasteiger partial charge in [0.2, 0.25) is 0 Å². The molecular formula is C12H14IN. The molecule has 0 amide bonds. The Bertz CT molecular complexity index is 389. The van der Waals surface area contributed by atoms with Crippen molar-refractivity contribution in [3.8, 4) is 0 Å². The lowest BCUT2D eigenvalue weighted by atomic mass is 9.91. The average Bonchev–Trinajstić information content (AvgIpc) is 2.59. The number of H-pyrrole nitrogens is 1. The van der Waals surface area contributed by atoms with Crippen LogP contribution in [0.4, 0.5) is 0 Å². The quantitative estimate of drug-likeness (QED) is 0.554. The van der Waals surface area contributed by atoms with Crippen LogP contribution in [0.3, 0.4) is 0 Å². The molecule has 0 aliphatic heterocycles. The van der Waals surface area contributed by atoms with E-state index in [0.29, 0.717) is 0 Å². The van der Waals surface area contributed by atoms with Gasteiger partial charge in [-0.3, -0.25) is 0 Å². The summed E-state index contributed by atoms with van der Waals surface area (Å²) in [5, 5.41) is 0. The molecule has 0 spiro atoms. The molecule has 1 nitrogen and oxygen atoms in total. The highest BCUT2D eigenvalue weighted by Crippen LogP contribution is 2.40. The maximum atomic E-state index is 3.61. The number of fused-ring (bicyclic) bond motifs is 3. The lowest BCUT2D eigenvalue weighted by molar-refractivity contribution is 0.676. The number of aromatic nitrogens is 1. The van der Waals surface area contributed by atoms with Gasteiger partial charge in [-0.2, -0.15) is 0 Å². The molecular weight excluding hydrogens is 285 g/mol. The molecule has 2 aliphatic rings. The topological polar surface area (TPSA) is 15.8 Å². The van der Waals surface area contributed by atoms with E-state index in [0.717, 1.165) is 3.92 Å². The second-order valence-corrected chi connectivity index (χ2v) is 5.71. The third kappa shape index (κ3) is 1.27. The van der Waals surface area contributed by atoms with Crippen molar-refractivity contribution in [1.82, 2.24) is 4.98 Å². The van der Waals surface area contributed by atoms with Gasteiger partial charge in [-0.25, -0.2) is 0 Å². The van der Waals surface area contributed by atoms with Crippen molar-refractivity contribution in [2.75, 3.05) is 0 Å². The van der Waals surface area contributed by atoms with Gasteiger partial charge in [0.05, 0.1) is 3.92 Å². The molecule has 1 aromatic heterocycles. The van der Waals surface area contributed by atoms with Crippen molar-refractivity contribution in [3.63, 3.8) is 0 Å². The van der Waals surface area contributed by atoms with E-state index >= 15 is 0 Å². The highest BCUT2D eigenvalue weighted by molar-refractivity contribution is 14.1. The van der Waals surface area contributed by atoms with Gasteiger partial charge < -0.3 is 4.98 Å². The Kier molecular flexibility index (Phi) is 2.19. The van der Waals surface area contributed by atoms with Crippen LogP contribution in [0, 0.1) is 0 Å². The van der Waals surface area contributed by atoms with Crippen LogP contribution in [0.1, 0.15) is 45.7 Å². The minimum atomic E-state index is 0.718. The first-order valence-corrected chi connectivity index (χ1v) is 6.65. The average molecular weight is 299 g/mol. The molecule has 0 radical (unpaired) electrons. The largest absolute Gasteiger partial charge is 0.358 e. The van der Waals surface area contributed by atoms with Crippen LogP contribution >= 0.6 is 22.6 Å². The van der Waals surface area contributed by atoms with Crippen molar-refractivity contribution in [2.45, 2.75) is 36.0 Å². The van der Waals surface area contributed by atoms with Crippen molar-refractivity contribution in [2.24, 2.45) is 0 Å². The summed E-state index contributed by atoms with van der Waals surface area (Å²) in [5.74, 6) is 0. The molecule has 2 aliphatic carbocycles. The van der Waals surface area contributed by atoms with E-state index in [2.05, 4.69) is 39.7 Å². The summed E-state index contributed by atoms with van der Waals surface area (Å²) < 4.78 is 0.718. The van der Waals surface area contributed by atoms with Gasteiger partial charge in [-0.15, -0.1) is 0 Å². The van der Waals surface area contributed by atoms with Crippen LogP contribution in [0.2, 0.25) is 0 Å². The number of alkyl halides is 1. The zero-order valence-corrected chi connectivity index (χ0v) is 10.3. The third-order valence-corrected chi connectivity index (χ3v) is 4.57. The highest BCUT2D eigenvalue weighted by Gasteiger charge is 2.24. The normalized spacial score (nSPS) is 24.5. The van der Waals surface area contributed by atoms with Crippen molar-refractivity contribution in [1.29, 1.82) is 0 Å². The molecule has 1 unspecified atom stereocenters. The van der Waals surface area contributed by atoms with Crippen LogP contribution < -0.4 is 0 Å². The molecule has 2 heteroatoms. The summed E-state index contributed by atoms with van der Waals surface area (Å²) in [6.07, 6.45) is 11.0. The van der Waals surface area contributed by atoms with Gasteiger partial charge in [-0.1, -0.05) is 28.7 Å². The summed E-state index contributed by atoms with van der Waals surface area (Å²) >= 11 is 2.58. The molecule has 0 saturated heterocycles. The number of rotatable bonds is 0. The predicted molar refractivity (Wildman–Crippen MR) is 67.8 cm³/mol. The molecule has 0 aromatic carbocycles. The van der Waals surface area contributed by atoms with E-state index in [1.165, 1.54) is 43.5 Å². The number of nitrogens with one attached hydrogen (secondary N) is 1. The van der Waals surface area contributed by atoms with Crippen molar-refractivity contribution in [3.05, 3.63) is 28.6 Å². The molecule has 74 valence electrons. The fourth-order valence-corrected chi connectivity index (χ4v) is 3.61. The van der Waals surface area contributed by atoms with Crippen molar-refractivity contribution < 1.29 is 0 Å². The molecule has 0 bridgehead atoms. The van der Waals surface area contributed by atoms with Crippen LogP contribution in [-0.4, -0.2) is 4.98 Å². The maximum absolute atomic E-state index is 3.61. The number of allylic oxidation sites excluding steroid dienone is 1. The second kappa shape index (κ2) is 3.40. The summed E-state index contributed by atoms with van der Waals surface area (Å²) in [7, 11) is 0. The summed E-state index contributed by atoms with van der Waals surface area (Å²) in [5.41, 5.74) is 6.18. The number of halogens is 1. The molecule has 0 saturated carbocycles. The van der Waals surface area contributed by atoms with Gasteiger partial charge in [0, 0.05) is 11.4 Å². The molecule has 1 heterocycles. The van der Waals surface area contributed by atoms with E-state index in [9.17, 15) is 0 Å². The van der Waals surface area contributed by atoms with Gasteiger partial charge in [0.1, 0.15) is 0 Å². The van der Waals surface area contributed by atoms with Gasteiger partial charge in [-0.05, 0) is 49.3 Å². The van der Waals surface area contributed by atoms with Crippen LogP contribution in [-0.2, 0) is 12.8 Å². The van der Waals surface area contributed by atoms with Crippen LogP contribution in [0.25, 0.3) is 6.08 Å². The molecule has 1 N–H and O–H groups in total. The summed E-state index contributed by atoms with van der Waals surface area (Å²) in [6.45, 7) is 0. The van der Waals surface area contributed by atoms with Crippen LogP contribution in [0.15, 0.2) is 6.08 Å². The fourth-order valence-electron chi connectivity index (χ4n) is 2.63. The van der Waals surface area contributed by atoms with E-state index in [1.54, 1.807) is 11.1 Å². The minimum Gasteiger partial charge on any atom is -0.358 e. The Morgan fingerprint density at radius 2 is 2.21 bits per heavy atom. The van der Waals surface area contributed by atoms with Gasteiger partial charge in [0.15, 0.2) is 0 Å². The first-order chi connectivity index (χ1) is 6.86. The highest BCUT2D eigenvalue weighted by atomic mass is 127. The number of aromatic amines is 1. The van der Waals surface area contributed by atoms with E-state index in [4.69, 9.17) is 0 Å². The SMILES string of the molecule is IC1CCCc2c1[nH]c1c2CCC=C1. The zero-order valence-electron chi connectivity index (χ0n) is 8.15. The first-order valence-electron chi connectivity index (χ1n) is 5.40. The maximum Gasteiger partial charge on any atom is 0.0513 e. The predicted octanol–water partition coefficient (Wildman–Crippen LogP) is 3.79. The molecule has 3 rings (SSSR count). The standard InChI is InChI=1S/C12H14IN/c13-10-6-3-5-9-8-4-1-2-7-11(8)14-12(9)10/h2,7,10,14H,1,3-6H2. The lowest BCUT2D eigenvalue weighted by Crippen LogP contribution is -2.05. The Morgan fingerprint density at radius 3 is 3.14 bits per heavy atom. The van der Waals surface area contributed by atoms with Crippen LogP contribution in [0.5, 0.6) is 0 Å². The summed E-state index contributed by atoms with van der Waals surface area (Å²) in [4.78, 5) is 3.61. The third-order valence-electron chi connectivity index (χ3n) is 3.33. The smallest absolute Gasteiger partial charge is 0.0513 e. The zero-order chi connectivity index (χ0) is 9.54. The summed E-state index contributed by atoms with van der Waals surface area (Å²) in [6, 6.07) is 0. The van der Waals surface area contributed by atoms with Gasteiger partial charge in [0.25, 0.3) is 0 Å². The van der Waals surface area contributed by atoms with E-state index in [1.807, 2.05) is 0 Å². The Hall–Kier alpha value is -0.250. The molecule has 0 fully saturated rings. The fraction of sp³-hybridized carbons (Fsp3) is 0.500. The van der Waals surface area contributed by atoms with E-state index in [-0.39, 0.29) is 0 Å². The Morgan fingerprint density at radius 1 is 1.29 bits per heavy atom.